The van der Waals surface area contributed by atoms with Crippen molar-refractivity contribution in [3.8, 4) is 11.3 Å². The zero-order valence-corrected chi connectivity index (χ0v) is 18.2. The quantitative estimate of drug-likeness (QED) is 0.607. The van der Waals surface area contributed by atoms with Crippen molar-refractivity contribution in [2.24, 2.45) is 0 Å². The second-order valence-corrected chi connectivity index (χ2v) is 9.32. The summed E-state index contributed by atoms with van der Waals surface area (Å²) >= 11 is 5.90. The Bertz CT molecular complexity index is 1170. The van der Waals surface area contributed by atoms with Gasteiger partial charge in [0.05, 0.1) is 18.1 Å². The summed E-state index contributed by atoms with van der Waals surface area (Å²) in [5.41, 5.74) is 1.30. The topological polar surface area (TPSA) is 88.9 Å². The Kier molecular flexibility index (Phi) is 6.43. The van der Waals surface area contributed by atoms with Crippen molar-refractivity contribution in [1.82, 2.24) is 9.62 Å². The van der Waals surface area contributed by atoms with E-state index in [-0.39, 0.29) is 17.2 Å². The Labute approximate surface area is 185 Å². The highest BCUT2D eigenvalue weighted by Crippen LogP contribution is 2.24. The van der Waals surface area contributed by atoms with E-state index in [2.05, 4.69) is 5.32 Å². The average molecular weight is 461 g/mol. The van der Waals surface area contributed by atoms with Gasteiger partial charge in [0.1, 0.15) is 5.76 Å². The molecule has 1 aliphatic rings. The molecule has 2 heterocycles. The fourth-order valence-electron chi connectivity index (χ4n) is 3.32. The molecular formula is C22H21ClN2O5S. The molecule has 0 radical (unpaired) electrons. The van der Waals surface area contributed by atoms with Crippen LogP contribution in [-0.4, -0.2) is 44.9 Å². The summed E-state index contributed by atoms with van der Waals surface area (Å²) in [7, 11) is -3.67. The third kappa shape index (κ3) is 4.83. The molecule has 7 nitrogen and oxygen atoms in total. The van der Waals surface area contributed by atoms with Gasteiger partial charge in [0.25, 0.3) is 5.91 Å². The van der Waals surface area contributed by atoms with Crippen LogP contribution in [0.1, 0.15) is 16.1 Å². The molecule has 1 aliphatic heterocycles. The number of sulfonamides is 1. The van der Waals surface area contributed by atoms with Crippen LogP contribution >= 0.6 is 11.6 Å². The second-order valence-electron chi connectivity index (χ2n) is 6.98. The van der Waals surface area contributed by atoms with Gasteiger partial charge in [-0.25, -0.2) is 8.42 Å². The number of morpholine rings is 1. The van der Waals surface area contributed by atoms with Crippen LogP contribution in [0.25, 0.3) is 11.3 Å². The number of furan rings is 1. The lowest BCUT2D eigenvalue weighted by Gasteiger charge is -2.27. The largest absolute Gasteiger partial charge is 0.451 e. The maximum atomic E-state index is 13.0. The molecule has 1 amide bonds. The molecule has 3 aromatic rings. The highest BCUT2D eigenvalue weighted by atomic mass is 35.5. The molecule has 2 aromatic carbocycles. The molecule has 9 heteroatoms. The number of ether oxygens (including phenoxy) is 1. The Hall–Kier alpha value is -2.65. The fourth-order valence-corrected chi connectivity index (χ4v) is 5.08. The van der Waals surface area contributed by atoms with Crippen LogP contribution in [0, 0.1) is 0 Å². The minimum atomic E-state index is -3.67. The van der Waals surface area contributed by atoms with Crippen LogP contribution < -0.4 is 5.32 Å². The number of carbonyl (C=O) groups is 1. The minimum Gasteiger partial charge on any atom is -0.451 e. The molecule has 1 saturated heterocycles. The third-order valence-electron chi connectivity index (χ3n) is 4.96. The van der Waals surface area contributed by atoms with Crippen LogP contribution in [0.5, 0.6) is 0 Å². The Morgan fingerprint density at radius 2 is 1.71 bits per heavy atom. The standard InChI is InChI=1S/C22H21ClN2O5S/c23-18-7-5-16(6-8-18)19-9-10-20(30-19)22(26)24-15-17-3-1-2-4-21(17)31(27,28)25-11-13-29-14-12-25/h1-10H,11-15H2,(H,24,26). The lowest BCUT2D eigenvalue weighted by molar-refractivity contribution is 0.0730. The Morgan fingerprint density at radius 1 is 1.00 bits per heavy atom. The highest BCUT2D eigenvalue weighted by molar-refractivity contribution is 7.89. The smallest absolute Gasteiger partial charge is 0.287 e. The predicted molar refractivity (Wildman–Crippen MR) is 116 cm³/mol. The maximum absolute atomic E-state index is 13.0. The summed E-state index contributed by atoms with van der Waals surface area (Å²) in [6.07, 6.45) is 0. The molecule has 31 heavy (non-hydrogen) atoms. The molecule has 1 aromatic heterocycles. The van der Waals surface area contributed by atoms with Gasteiger partial charge in [-0.05, 0) is 48.0 Å². The molecular weight excluding hydrogens is 440 g/mol. The summed E-state index contributed by atoms with van der Waals surface area (Å²) in [5.74, 6) is 0.245. The highest BCUT2D eigenvalue weighted by Gasteiger charge is 2.28. The molecule has 0 bridgehead atoms. The number of benzene rings is 2. The second kappa shape index (κ2) is 9.23. The minimum absolute atomic E-state index is 0.0511. The third-order valence-corrected chi connectivity index (χ3v) is 7.21. The number of nitrogens with one attached hydrogen (secondary N) is 1. The first-order valence-corrected chi connectivity index (χ1v) is 11.6. The van der Waals surface area contributed by atoms with Gasteiger partial charge in [-0.15, -0.1) is 0 Å². The van der Waals surface area contributed by atoms with Gasteiger partial charge in [-0.1, -0.05) is 29.8 Å². The summed E-state index contributed by atoms with van der Waals surface area (Å²) in [6, 6.07) is 17.0. The lowest BCUT2D eigenvalue weighted by Crippen LogP contribution is -2.41. The van der Waals surface area contributed by atoms with E-state index in [0.717, 1.165) is 5.56 Å². The first kappa shape index (κ1) is 21.6. The van der Waals surface area contributed by atoms with Gasteiger partial charge in [-0.3, -0.25) is 4.79 Å². The van der Waals surface area contributed by atoms with E-state index >= 15 is 0 Å². The number of hydrogen-bond donors (Lipinski definition) is 1. The van der Waals surface area contributed by atoms with Crippen molar-refractivity contribution in [3.63, 3.8) is 0 Å². The van der Waals surface area contributed by atoms with E-state index in [9.17, 15) is 13.2 Å². The van der Waals surface area contributed by atoms with Crippen LogP contribution in [0.3, 0.4) is 0 Å². The first-order chi connectivity index (χ1) is 14.9. The average Bonchev–Trinajstić information content (AvgIpc) is 3.29. The zero-order valence-electron chi connectivity index (χ0n) is 16.6. The van der Waals surface area contributed by atoms with Crippen LogP contribution in [0.4, 0.5) is 0 Å². The Morgan fingerprint density at radius 3 is 2.45 bits per heavy atom. The first-order valence-electron chi connectivity index (χ1n) is 9.75. The molecule has 162 valence electrons. The van der Waals surface area contributed by atoms with Gasteiger partial charge < -0.3 is 14.5 Å². The van der Waals surface area contributed by atoms with Crippen molar-refractivity contribution in [2.45, 2.75) is 11.4 Å². The van der Waals surface area contributed by atoms with E-state index in [1.165, 1.54) is 4.31 Å². The van der Waals surface area contributed by atoms with Crippen LogP contribution in [0.15, 0.2) is 70.0 Å². The van der Waals surface area contributed by atoms with E-state index in [0.29, 0.717) is 42.6 Å². The monoisotopic (exact) mass is 460 g/mol. The zero-order chi connectivity index (χ0) is 21.8. The number of amides is 1. The number of carbonyl (C=O) groups excluding carboxylic acids is 1. The maximum Gasteiger partial charge on any atom is 0.287 e. The summed E-state index contributed by atoms with van der Waals surface area (Å²) in [5, 5.41) is 3.35. The molecule has 1 N–H and O–H groups in total. The van der Waals surface area contributed by atoms with Crippen molar-refractivity contribution in [3.05, 3.63) is 77.0 Å². The van der Waals surface area contributed by atoms with Crippen molar-refractivity contribution >= 4 is 27.5 Å². The summed E-state index contributed by atoms with van der Waals surface area (Å²) in [6.45, 7) is 1.40. The molecule has 0 unspecified atom stereocenters. The molecule has 4 rings (SSSR count). The number of halogens is 1. The van der Waals surface area contributed by atoms with E-state index in [1.54, 1.807) is 60.7 Å². The van der Waals surface area contributed by atoms with Gasteiger partial charge in [0.2, 0.25) is 10.0 Å². The van der Waals surface area contributed by atoms with Crippen LogP contribution in [-0.2, 0) is 21.3 Å². The van der Waals surface area contributed by atoms with Crippen LogP contribution in [0.2, 0.25) is 5.02 Å². The molecule has 0 saturated carbocycles. The van der Waals surface area contributed by atoms with Gasteiger partial charge >= 0.3 is 0 Å². The van der Waals surface area contributed by atoms with Crippen molar-refractivity contribution < 1.29 is 22.4 Å². The lowest BCUT2D eigenvalue weighted by atomic mass is 10.2. The molecule has 0 aliphatic carbocycles. The number of nitrogens with zero attached hydrogens (tertiary/aromatic N) is 1. The predicted octanol–water partition coefficient (Wildman–Crippen LogP) is 3.55. The molecule has 1 fully saturated rings. The Balaban J connectivity index is 1.47. The van der Waals surface area contributed by atoms with Gasteiger partial charge in [0.15, 0.2) is 5.76 Å². The normalized spacial score (nSPS) is 15.0. The molecule has 0 spiro atoms. The van der Waals surface area contributed by atoms with E-state index < -0.39 is 15.9 Å². The SMILES string of the molecule is O=C(NCc1ccccc1S(=O)(=O)N1CCOCC1)c1ccc(-c2ccc(Cl)cc2)o1. The summed E-state index contributed by atoms with van der Waals surface area (Å²) < 4.78 is 38.4. The van der Waals surface area contributed by atoms with Crippen molar-refractivity contribution in [2.75, 3.05) is 26.3 Å². The number of rotatable bonds is 6. The van der Waals surface area contributed by atoms with Gasteiger partial charge in [0, 0.05) is 30.2 Å². The van der Waals surface area contributed by atoms with E-state index in [1.807, 2.05) is 0 Å². The van der Waals surface area contributed by atoms with Crippen molar-refractivity contribution in [1.29, 1.82) is 0 Å². The van der Waals surface area contributed by atoms with E-state index in [4.69, 9.17) is 20.8 Å². The number of hydrogen-bond acceptors (Lipinski definition) is 5. The summed E-state index contributed by atoms with van der Waals surface area (Å²) in [4.78, 5) is 12.8. The van der Waals surface area contributed by atoms with Gasteiger partial charge in [-0.2, -0.15) is 4.31 Å². The fraction of sp³-hybridized carbons (Fsp3) is 0.227. The molecule has 0 atom stereocenters.